The van der Waals surface area contributed by atoms with Gasteiger partial charge in [0.15, 0.2) is 0 Å². The standard InChI is InChI=1S/C12H17N3O/c1-7(2)15-8(3)14-10-6-12(16-4)9(13)5-11(10)15/h5-7H,13H2,1-4H3. The average Bonchev–Trinajstić information content (AvgIpc) is 2.51. The molecule has 0 bridgehead atoms. The van der Waals surface area contributed by atoms with Crippen LogP contribution in [0.2, 0.25) is 0 Å². The molecule has 2 N–H and O–H groups in total. The van der Waals surface area contributed by atoms with Gasteiger partial charge in [0.1, 0.15) is 11.6 Å². The predicted octanol–water partition coefficient (Wildman–Crippen LogP) is 2.52. The van der Waals surface area contributed by atoms with Crippen LogP contribution in [0.25, 0.3) is 11.0 Å². The Kier molecular flexibility index (Phi) is 2.50. The number of nitrogen functional groups attached to an aromatic ring is 1. The number of nitrogens with zero attached hydrogens (tertiary/aromatic N) is 2. The molecule has 0 atom stereocenters. The second kappa shape index (κ2) is 3.70. The Morgan fingerprint density at radius 3 is 2.62 bits per heavy atom. The predicted molar refractivity (Wildman–Crippen MR) is 65.8 cm³/mol. The molecule has 0 amide bonds. The highest BCUT2D eigenvalue weighted by molar-refractivity contribution is 5.83. The largest absolute Gasteiger partial charge is 0.495 e. The Morgan fingerprint density at radius 2 is 2.06 bits per heavy atom. The Labute approximate surface area is 95.0 Å². The Hall–Kier alpha value is -1.71. The van der Waals surface area contributed by atoms with Crippen molar-refractivity contribution >= 4 is 16.7 Å². The van der Waals surface area contributed by atoms with Crippen LogP contribution in [0.3, 0.4) is 0 Å². The van der Waals surface area contributed by atoms with Crippen LogP contribution >= 0.6 is 0 Å². The van der Waals surface area contributed by atoms with Crippen molar-refractivity contribution in [2.24, 2.45) is 0 Å². The molecule has 86 valence electrons. The van der Waals surface area contributed by atoms with Gasteiger partial charge in [0, 0.05) is 12.1 Å². The van der Waals surface area contributed by atoms with E-state index in [0.717, 1.165) is 16.9 Å². The number of anilines is 1. The highest BCUT2D eigenvalue weighted by Gasteiger charge is 2.12. The van der Waals surface area contributed by atoms with Crippen molar-refractivity contribution in [1.82, 2.24) is 9.55 Å². The summed E-state index contributed by atoms with van der Waals surface area (Å²) < 4.78 is 7.36. The van der Waals surface area contributed by atoms with Gasteiger partial charge < -0.3 is 15.0 Å². The number of nitrogens with two attached hydrogens (primary N) is 1. The fourth-order valence-electron chi connectivity index (χ4n) is 2.09. The van der Waals surface area contributed by atoms with Crippen LogP contribution in [-0.4, -0.2) is 16.7 Å². The number of aromatic nitrogens is 2. The lowest BCUT2D eigenvalue weighted by atomic mass is 10.2. The normalized spacial score (nSPS) is 11.3. The first kappa shape index (κ1) is 10.8. The third-order valence-corrected chi connectivity index (χ3v) is 2.73. The van der Waals surface area contributed by atoms with Crippen LogP contribution in [-0.2, 0) is 0 Å². The number of ether oxygens (including phenoxy) is 1. The minimum atomic E-state index is 0.373. The summed E-state index contributed by atoms with van der Waals surface area (Å²) in [5.74, 6) is 1.68. The first-order chi connectivity index (χ1) is 7.54. The molecule has 0 aliphatic heterocycles. The van der Waals surface area contributed by atoms with Gasteiger partial charge in [0.05, 0.1) is 23.8 Å². The number of aryl methyl sites for hydroxylation is 1. The third-order valence-electron chi connectivity index (χ3n) is 2.73. The zero-order valence-electron chi connectivity index (χ0n) is 10.1. The maximum atomic E-state index is 5.91. The van der Waals surface area contributed by atoms with E-state index in [-0.39, 0.29) is 0 Å². The van der Waals surface area contributed by atoms with Crippen molar-refractivity contribution in [1.29, 1.82) is 0 Å². The van der Waals surface area contributed by atoms with E-state index in [2.05, 4.69) is 23.4 Å². The number of rotatable bonds is 2. The van der Waals surface area contributed by atoms with Crippen molar-refractivity contribution in [3.8, 4) is 5.75 Å². The minimum Gasteiger partial charge on any atom is -0.495 e. The van der Waals surface area contributed by atoms with Crippen LogP contribution in [0.4, 0.5) is 5.69 Å². The molecule has 0 radical (unpaired) electrons. The molecule has 0 unspecified atom stereocenters. The molecule has 0 saturated carbocycles. The van der Waals surface area contributed by atoms with E-state index >= 15 is 0 Å². The van der Waals surface area contributed by atoms with Crippen molar-refractivity contribution in [2.75, 3.05) is 12.8 Å². The fraction of sp³-hybridized carbons (Fsp3) is 0.417. The lowest BCUT2D eigenvalue weighted by molar-refractivity contribution is 0.417. The van der Waals surface area contributed by atoms with Crippen molar-refractivity contribution in [3.05, 3.63) is 18.0 Å². The van der Waals surface area contributed by atoms with Gasteiger partial charge in [-0.15, -0.1) is 0 Å². The van der Waals surface area contributed by atoms with Crippen LogP contribution in [0.15, 0.2) is 12.1 Å². The summed E-state index contributed by atoms with van der Waals surface area (Å²) in [7, 11) is 1.61. The lowest BCUT2D eigenvalue weighted by Gasteiger charge is -2.11. The van der Waals surface area contributed by atoms with Gasteiger partial charge in [-0.2, -0.15) is 0 Å². The maximum Gasteiger partial charge on any atom is 0.144 e. The van der Waals surface area contributed by atoms with Gasteiger partial charge in [-0.25, -0.2) is 4.98 Å². The molecule has 0 saturated heterocycles. The SMILES string of the molecule is COc1cc2nc(C)n(C(C)C)c2cc1N. The number of hydrogen-bond acceptors (Lipinski definition) is 3. The monoisotopic (exact) mass is 219 g/mol. The van der Waals surface area contributed by atoms with E-state index in [1.165, 1.54) is 0 Å². The summed E-state index contributed by atoms with van der Waals surface area (Å²) in [6.45, 7) is 6.27. The van der Waals surface area contributed by atoms with E-state index in [4.69, 9.17) is 10.5 Å². The number of hydrogen-bond donors (Lipinski definition) is 1. The Balaban J connectivity index is 2.76. The lowest BCUT2D eigenvalue weighted by Crippen LogP contribution is -2.03. The number of fused-ring (bicyclic) bond motifs is 1. The maximum absolute atomic E-state index is 5.91. The van der Waals surface area contributed by atoms with E-state index in [0.29, 0.717) is 17.5 Å². The van der Waals surface area contributed by atoms with Crippen LogP contribution in [0.5, 0.6) is 5.75 Å². The molecule has 1 aromatic heterocycles. The topological polar surface area (TPSA) is 53.1 Å². The Bertz CT molecular complexity index is 529. The average molecular weight is 219 g/mol. The first-order valence-corrected chi connectivity index (χ1v) is 5.36. The van der Waals surface area contributed by atoms with E-state index in [1.54, 1.807) is 7.11 Å². The molecular formula is C12H17N3O. The molecular weight excluding hydrogens is 202 g/mol. The van der Waals surface area contributed by atoms with Gasteiger partial charge in [-0.3, -0.25) is 0 Å². The Morgan fingerprint density at radius 1 is 1.38 bits per heavy atom. The van der Waals surface area contributed by atoms with Crippen LogP contribution in [0, 0.1) is 6.92 Å². The van der Waals surface area contributed by atoms with Gasteiger partial charge in [-0.05, 0) is 26.8 Å². The van der Waals surface area contributed by atoms with Gasteiger partial charge in [0.25, 0.3) is 0 Å². The van der Waals surface area contributed by atoms with Crippen molar-refractivity contribution in [2.45, 2.75) is 26.8 Å². The molecule has 2 rings (SSSR count). The molecule has 0 aliphatic carbocycles. The van der Waals surface area contributed by atoms with Gasteiger partial charge >= 0.3 is 0 Å². The van der Waals surface area contributed by atoms with Crippen LogP contribution in [0.1, 0.15) is 25.7 Å². The zero-order valence-corrected chi connectivity index (χ0v) is 10.1. The van der Waals surface area contributed by atoms with Gasteiger partial charge in [-0.1, -0.05) is 0 Å². The summed E-state index contributed by atoms with van der Waals surface area (Å²) in [5, 5.41) is 0. The fourth-order valence-corrected chi connectivity index (χ4v) is 2.09. The third kappa shape index (κ3) is 1.50. The number of benzene rings is 1. The molecule has 0 fully saturated rings. The molecule has 1 aromatic carbocycles. The van der Waals surface area contributed by atoms with Gasteiger partial charge in [0.2, 0.25) is 0 Å². The summed E-state index contributed by atoms with van der Waals surface area (Å²) >= 11 is 0. The number of methoxy groups -OCH3 is 1. The van der Waals surface area contributed by atoms with Crippen molar-refractivity contribution in [3.63, 3.8) is 0 Å². The molecule has 0 aliphatic rings. The highest BCUT2D eigenvalue weighted by atomic mass is 16.5. The molecule has 16 heavy (non-hydrogen) atoms. The first-order valence-electron chi connectivity index (χ1n) is 5.36. The molecule has 4 heteroatoms. The van der Waals surface area contributed by atoms with E-state index in [9.17, 15) is 0 Å². The smallest absolute Gasteiger partial charge is 0.144 e. The summed E-state index contributed by atoms with van der Waals surface area (Å²) in [5.41, 5.74) is 8.55. The quantitative estimate of drug-likeness (QED) is 0.789. The second-order valence-electron chi connectivity index (χ2n) is 4.21. The summed E-state index contributed by atoms with van der Waals surface area (Å²) in [6.07, 6.45) is 0. The molecule has 2 aromatic rings. The van der Waals surface area contributed by atoms with E-state index in [1.807, 2.05) is 19.1 Å². The second-order valence-corrected chi connectivity index (χ2v) is 4.21. The van der Waals surface area contributed by atoms with E-state index < -0.39 is 0 Å². The van der Waals surface area contributed by atoms with Crippen molar-refractivity contribution < 1.29 is 4.74 Å². The molecule has 4 nitrogen and oxygen atoms in total. The number of imidazole rings is 1. The molecule has 1 heterocycles. The summed E-state index contributed by atoms with van der Waals surface area (Å²) in [6, 6.07) is 4.18. The van der Waals surface area contributed by atoms with Crippen LogP contribution < -0.4 is 10.5 Å². The molecule has 0 spiro atoms. The highest BCUT2D eigenvalue weighted by Crippen LogP contribution is 2.29. The zero-order chi connectivity index (χ0) is 11.9. The minimum absolute atomic E-state index is 0.373. The summed E-state index contributed by atoms with van der Waals surface area (Å²) in [4.78, 5) is 4.51.